The van der Waals surface area contributed by atoms with E-state index >= 15 is 0 Å². The summed E-state index contributed by atoms with van der Waals surface area (Å²) in [5, 5.41) is 33.0. The van der Waals surface area contributed by atoms with Gasteiger partial charge in [-0.2, -0.15) is 0 Å². The molecule has 1 aromatic heterocycles. The molecule has 9 heteroatoms. The normalized spacial score (nSPS) is 13.0. The first-order valence-corrected chi connectivity index (χ1v) is 14.1. The molecule has 0 aliphatic heterocycles. The highest BCUT2D eigenvalue weighted by atomic mass is 19.1. The molecule has 0 spiro atoms. The van der Waals surface area contributed by atoms with Gasteiger partial charge in [0.15, 0.2) is 0 Å². The highest BCUT2D eigenvalue weighted by molar-refractivity contribution is 6.12. The number of nitrogens with one attached hydrogen (secondary N) is 1. The molecule has 0 aliphatic rings. The predicted octanol–water partition coefficient (Wildman–Crippen LogP) is 6.07. The van der Waals surface area contributed by atoms with Crippen molar-refractivity contribution < 1.29 is 34.0 Å². The van der Waals surface area contributed by atoms with Crippen LogP contribution in [-0.2, 0) is 21.7 Å². The van der Waals surface area contributed by atoms with E-state index in [1.54, 1.807) is 31.4 Å². The summed E-state index contributed by atoms with van der Waals surface area (Å²) in [6.45, 7) is 3.87. The molecule has 43 heavy (non-hydrogen) atoms. The van der Waals surface area contributed by atoms with Gasteiger partial charge in [-0.25, -0.2) is 4.39 Å². The zero-order chi connectivity index (χ0) is 31.1. The third kappa shape index (κ3) is 7.56. The number of halogens is 1. The van der Waals surface area contributed by atoms with Crippen LogP contribution in [0.25, 0.3) is 22.4 Å². The molecule has 2 atom stereocenters. The number of aliphatic hydroxyl groups is 2. The molecule has 4 aromatic rings. The number of carbonyl (C=O) groups excluding carboxylic acids is 1. The number of aliphatic hydroxyl groups excluding tert-OH is 2. The van der Waals surface area contributed by atoms with Gasteiger partial charge in [0.05, 0.1) is 35.6 Å². The van der Waals surface area contributed by atoms with Gasteiger partial charge in [0.25, 0.3) is 5.91 Å². The number of benzene rings is 3. The zero-order valence-corrected chi connectivity index (χ0v) is 24.5. The Labute approximate surface area is 250 Å². The summed E-state index contributed by atoms with van der Waals surface area (Å²) in [5.74, 6) is -1.94. The number of methoxy groups -OCH3 is 1. The number of para-hydroxylation sites is 1. The van der Waals surface area contributed by atoms with Gasteiger partial charge < -0.3 is 29.9 Å². The Morgan fingerprint density at radius 3 is 2.09 bits per heavy atom. The average Bonchev–Trinajstić information content (AvgIpc) is 3.33. The number of aromatic nitrogens is 1. The fraction of sp³-hybridized carbons (Fsp3) is 0.294. The molecule has 0 unspecified atom stereocenters. The van der Waals surface area contributed by atoms with E-state index in [2.05, 4.69) is 5.32 Å². The number of nitrogens with zero attached hydrogens (tertiary/aromatic N) is 1. The van der Waals surface area contributed by atoms with Crippen molar-refractivity contribution >= 4 is 17.6 Å². The Hall–Kier alpha value is -4.31. The standard InChI is InChI=1S/C34H37FN2O6/c1-34(2,43-3)32-30(33(42)36-25-12-8-5-9-13-25)29(22-10-6-4-7-11-22)31(23-14-16-24(35)17-15-23)37(32)19-18-26(38)20-27(39)21-28(40)41/h4-17,26-27,38-39H,18-21H2,1-3H3,(H,36,42)(H,40,41)/t26-,27-/m1/s1. The number of hydrogen-bond donors (Lipinski definition) is 4. The number of carboxylic acids is 1. The number of rotatable bonds is 13. The van der Waals surface area contributed by atoms with Crippen LogP contribution in [0, 0.1) is 5.82 Å². The van der Waals surface area contributed by atoms with Crippen LogP contribution in [0.5, 0.6) is 0 Å². The highest BCUT2D eigenvalue weighted by Gasteiger charge is 2.37. The summed E-state index contributed by atoms with van der Waals surface area (Å²) in [6, 6.07) is 24.5. The minimum absolute atomic E-state index is 0.130. The lowest BCUT2D eigenvalue weighted by Gasteiger charge is -2.28. The van der Waals surface area contributed by atoms with Gasteiger partial charge in [0, 0.05) is 24.9 Å². The molecule has 1 heterocycles. The van der Waals surface area contributed by atoms with Crippen molar-refractivity contribution in [3.63, 3.8) is 0 Å². The Morgan fingerprint density at radius 2 is 1.51 bits per heavy atom. The molecular weight excluding hydrogens is 551 g/mol. The maximum absolute atomic E-state index is 14.3. The number of hydrogen-bond acceptors (Lipinski definition) is 5. The number of aliphatic carboxylic acids is 1. The van der Waals surface area contributed by atoms with Crippen molar-refractivity contribution in [1.82, 2.24) is 4.57 Å². The molecule has 4 N–H and O–H groups in total. The molecule has 4 rings (SSSR count). The highest BCUT2D eigenvalue weighted by Crippen LogP contribution is 2.44. The molecular formula is C34H37FN2O6. The molecule has 0 fully saturated rings. The van der Waals surface area contributed by atoms with Crippen LogP contribution in [0.15, 0.2) is 84.9 Å². The quantitative estimate of drug-likeness (QED) is 0.150. The Kier molecular flexibility index (Phi) is 10.1. The smallest absolute Gasteiger partial charge is 0.305 e. The SMILES string of the molecule is COC(C)(C)c1c(C(=O)Nc2ccccc2)c(-c2ccccc2)c(-c2ccc(F)cc2)n1CC[C@@H](O)C[C@@H](O)CC(=O)O. The Bertz CT molecular complexity index is 1530. The van der Waals surface area contributed by atoms with Gasteiger partial charge in [-0.15, -0.1) is 0 Å². The zero-order valence-electron chi connectivity index (χ0n) is 24.5. The first-order valence-electron chi connectivity index (χ1n) is 14.1. The van der Waals surface area contributed by atoms with E-state index in [1.165, 1.54) is 12.1 Å². The minimum atomic E-state index is -1.21. The second-order valence-corrected chi connectivity index (χ2v) is 10.9. The van der Waals surface area contributed by atoms with Gasteiger partial charge in [-0.05, 0) is 74.2 Å². The van der Waals surface area contributed by atoms with Crippen molar-refractivity contribution in [2.24, 2.45) is 0 Å². The maximum Gasteiger partial charge on any atom is 0.305 e. The van der Waals surface area contributed by atoms with Crippen LogP contribution in [0.3, 0.4) is 0 Å². The van der Waals surface area contributed by atoms with Gasteiger partial charge in [-0.3, -0.25) is 9.59 Å². The molecule has 0 radical (unpaired) electrons. The van der Waals surface area contributed by atoms with Crippen molar-refractivity contribution in [1.29, 1.82) is 0 Å². The summed E-state index contributed by atoms with van der Waals surface area (Å²) in [7, 11) is 1.55. The summed E-state index contributed by atoms with van der Waals surface area (Å²) in [4.78, 5) is 25.3. The molecule has 1 amide bonds. The van der Waals surface area contributed by atoms with E-state index in [0.29, 0.717) is 33.8 Å². The lowest BCUT2D eigenvalue weighted by molar-refractivity contribution is -0.139. The molecule has 3 aromatic carbocycles. The van der Waals surface area contributed by atoms with Crippen LogP contribution in [-0.4, -0.2) is 51.1 Å². The largest absolute Gasteiger partial charge is 0.481 e. The molecule has 226 valence electrons. The molecule has 0 saturated heterocycles. The van der Waals surface area contributed by atoms with E-state index in [9.17, 15) is 24.2 Å². The number of carbonyl (C=O) groups is 2. The topological polar surface area (TPSA) is 121 Å². The lowest BCUT2D eigenvalue weighted by Crippen LogP contribution is -2.29. The Balaban J connectivity index is 1.96. The fourth-order valence-corrected chi connectivity index (χ4v) is 5.29. The van der Waals surface area contributed by atoms with E-state index in [1.807, 2.05) is 66.9 Å². The average molecular weight is 589 g/mol. The number of anilines is 1. The van der Waals surface area contributed by atoms with E-state index in [4.69, 9.17) is 9.84 Å². The van der Waals surface area contributed by atoms with Gasteiger partial charge in [0.1, 0.15) is 11.4 Å². The van der Waals surface area contributed by atoms with Crippen molar-refractivity contribution in [2.45, 2.75) is 57.5 Å². The third-order valence-corrected chi connectivity index (χ3v) is 7.42. The predicted molar refractivity (Wildman–Crippen MR) is 163 cm³/mol. The number of carboxylic acid groups (broad SMARTS) is 1. The van der Waals surface area contributed by atoms with E-state index < -0.39 is 36.0 Å². The first kappa shape index (κ1) is 31.6. The molecule has 0 bridgehead atoms. The van der Waals surface area contributed by atoms with Crippen molar-refractivity contribution in [2.75, 3.05) is 12.4 Å². The summed E-state index contributed by atoms with van der Waals surface area (Å²) in [5.41, 5.74) is 3.15. The summed E-state index contributed by atoms with van der Waals surface area (Å²) in [6.07, 6.45) is -2.71. The van der Waals surface area contributed by atoms with Gasteiger partial charge in [-0.1, -0.05) is 48.5 Å². The van der Waals surface area contributed by atoms with Crippen LogP contribution >= 0.6 is 0 Å². The van der Waals surface area contributed by atoms with Crippen LogP contribution in [0.1, 0.15) is 49.2 Å². The number of ether oxygens (including phenoxy) is 1. The fourth-order valence-electron chi connectivity index (χ4n) is 5.29. The first-order chi connectivity index (χ1) is 20.5. The Morgan fingerprint density at radius 1 is 0.907 bits per heavy atom. The minimum Gasteiger partial charge on any atom is -0.481 e. The van der Waals surface area contributed by atoms with E-state index in [0.717, 1.165) is 5.56 Å². The van der Waals surface area contributed by atoms with Gasteiger partial charge >= 0.3 is 5.97 Å². The monoisotopic (exact) mass is 588 g/mol. The summed E-state index contributed by atoms with van der Waals surface area (Å²) >= 11 is 0. The van der Waals surface area contributed by atoms with E-state index in [-0.39, 0.29) is 25.3 Å². The van der Waals surface area contributed by atoms with Crippen molar-refractivity contribution in [3.05, 3.63) is 102 Å². The van der Waals surface area contributed by atoms with Gasteiger partial charge in [0.2, 0.25) is 0 Å². The second kappa shape index (κ2) is 13.8. The molecule has 8 nitrogen and oxygen atoms in total. The number of amides is 1. The molecule has 0 saturated carbocycles. The molecule has 0 aliphatic carbocycles. The van der Waals surface area contributed by atoms with Crippen LogP contribution in [0.4, 0.5) is 10.1 Å². The maximum atomic E-state index is 14.3. The summed E-state index contributed by atoms with van der Waals surface area (Å²) < 4.78 is 22.0. The third-order valence-electron chi connectivity index (χ3n) is 7.42. The lowest BCUT2D eigenvalue weighted by atomic mass is 9.92. The second-order valence-electron chi connectivity index (χ2n) is 10.9. The van der Waals surface area contributed by atoms with Crippen molar-refractivity contribution in [3.8, 4) is 22.4 Å². The van der Waals surface area contributed by atoms with Crippen LogP contribution in [0.2, 0.25) is 0 Å². The van der Waals surface area contributed by atoms with Crippen LogP contribution < -0.4 is 5.32 Å².